The Labute approximate surface area is 83.0 Å². The normalized spacial score (nSPS) is 10.5. The van der Waals surface area contributed by atoms with E-state index >= 15 is 0 Å². The monoisotopic (exact) mass is 204 g/mol. The summed E-state index contributed by atoms with van der Waals surface area (Å²) in [5, 5.41) is 16.6. The third-order valence-electron chi connectivity index (χ3n) is 1.32. The summed E-state index contributed by atoms with van der Waals surface area (Å²) in [5.41, 5.74) is 0. The van der Waals surface area contributed by atoms with Crippen LogP contribution in [-0.4, -0.2) is 15.0 Å². The van der Waals surface area contributed by atoms with Gasteiger partial charge in [-0.1, -0.05) is 11.3 Å². The first kappa shape index (κ1) is 8.52. The third kappa shape index (κ3) is 1.81. The van der Waals surface area contributed by atoms with Gasteiger partial charge in [-0.05, 0) is 0 Å². The maximum absolute atomic E-state index is 8.53. The topological polar surface area (TPSA) is 90.1 Å². The van der Waals surface area contributed by atoms with E-state index in [1.54, 1.807) is 12.4 Å². The summed E-state index contributed by atoms with van der Waals surface area (Å²) in [7, 11) is 0. The second kappa shape index (κ2) is 3.76. The van der Waals surface area contributed by atoms with E-state index in [-0.39, 0.29) is 0 Å². The molecule has 0 aromatic carbocycles. The summed E-state index contributed by atoms with van der Waals surface area (Å²) in [6, 6.07) is 1.97. The van der Waals surface area contributed by atoms with Crippen LogP contribution < -0.4 is 0 Å². The molecule has 2 aromatic rings. The van der Waals surface area contributed by atoms with E-state index in [2.05, 4.69) is 25.2 Å². The Hall–Kier alpha value is -2.07. The van der Waals surface area contributed by atoms with Crippen LogP contribution in [0.3, 0.4) is 0 Å². The van der Waals surface area contributed by atoms with Crippen molar-refractivity contribution in [2.24, 2.45) is 10.2 Å². The van der Waals surface area contributed by atoms with Crippen molar-refractivity contribution in [3.8, 4) is 6.07 Å². The Kier molecular flexibility index (Phi) is 2.29. The van der Waals surface area contributed by atoms with Crippen LogP contribution >= 0.6 is 11.3 Å². The van der Waals surface area contributed by atoms with Gasteiger partial charge in [-0.2, -0.15) is 5.26 Å². The van der Waals surface area contributed by atoms with Crippen LogP contribution in [0.2, 0.25) is 0 Å². The van der Waals surface area contributed by atoms with E-state index in [9.17, 15) is 0 Å². The smallest absolute Gasteiger partial charge is 0.246 e. The zero-order chi connectivity index (χ0) is 9.80. The molecule has 0 bridgehead atoms. The first-order valence-corrected chi connectivity index (χ1v) is 4.47. The van der Waals surface area contributed by atoms with E-state index in [0.29, 0.717) is 16.0 Å². The van der Waals surface area contributed by atoms with E-state index < -0.39 is 0 Å². The second-order valence-corrected chi connectivity index (χ2v) is 3.24. The minimum atomic E-state index is 0.415. The maximum Gasteiger partial charge on any atom is 0.246 e. The molecule has 68 valence electrons. The molecule has 2 heterocycles. The molecule has 14 heavy (non-hydrogen) atoms. The summed E-state index contributed by atoms with van der Waals surface area (Å²) >= 11 is 1.18. The van der Waals surface area contributed by atoms with Crippen molar-refractivity contribution in [2.45, 2.75) is 0 Å². The lowest BCUT2D eigenvalue weighted by Gasteiger charge is -1.80. The number of nitrogens with one attached hydrogen (secondary N) is 1. The minimum Gasteiger partial charge on any atom is -0.328 e. The minimum absolute atomic E-state index is 0.415. The fraction of sp³-hybridized carbons (Fsp3) is 0. The summed E-state index contributed by atoms with van der Waals surface area (Å²) < 4.78 is 0. The SMILES string of the molecule is N#Cc1cnc(/N=N/c2ncc[nH]2)s1. The third-order valence-corrected chi connectivity index (χ3v) is 2.10. The first-order valence-electron chi connectivity index (χ1n) is 3.65. The molecular weight excluding hydrogens is 200 g/mol. The summed E-state index contributed by atoms with van der Waals surface area (Å²) in [6.07, 6.45) is 4.69. The summed E-state index contributed by atoms with van der Waals surface area (Å²) in [4.78, 5) is 11.0. The van der Waals surface area contributed by atoms with Gasteiger partial charge < -0.3 is 4.98 Å². The highest BCUT2D eigenvalue weighted by Gasteiger charge is 1.98. The highest BCUT2D eigenvalue weighted by Crippen LogP contribution is 2.21. The predicted octanol–water partition coefficient (Wildman–Crippen LogP) is 2.15. The largest absolute Gasteiger partial charge is 0.328 e. The van der Waals surface area contributed by atoms with Crippen LogP contribution in [0.4, 0.5) is 11.1 Å². The molecule has 6 nitrogen and oxygen atoms in total. The quantitative estimate of drug-likeness (QED) is 0.760. The van der Waals surface area contributed by atoms with Crippen molar-refractivity contribution < 1.29 is 0 Å². The van der Waals surface area contributed by atoms with Crippen LogP contribution in [-0.2, 0) is 0 Å². The highest BCUT2D eigenvalue weighted by atomic mass is 32.1. The number of imidazole rings is 1. The van der Waals surface area contributed by atoms with Crippen molar-refractivity contribution in [3.63, 3.8) is 0 Å². The summed E-state index contributed by atoms with van der Waals surface area (Å²) in [5.74, 6) is 0.415. The van der Waals surface area contributed by atoms with Gasteiger partial charge in [0.05, 0.1) is 6.20 Å². The number of nitrogens with zero attached hydrogens (tertiary/aromatic N) is 5. The number of H-pyrrole nitrogens is 1. The maximum atomic E-state index is 8.53. The van der Waals surface area contributed by atoms with Gasteiger partial charge in [-0.15, -0.1) is 10.2 Å². The van der Waals surface area contributed by atoms with E-state index in [1.807, 2.05) is 6.07 Å². The number of nitriles is 1. The van der Waals surface area contributed by atoms with Crippen LogP contribution in [0.25, 0.3) is 0 Å². The number of hydrogen-bond acceptors (Lipinski definition) is 6. The molecule has 0 radical (unpaired) electrons. The second-order valence-electron chi connectivity index (χ2n) is 2.23. The number of azo groups is 1. The Bertz CT molecular complexity index is 477. The Morgan fingerprint density at radius 1 is 1.43 bits per heavy atom. The summed E-state index contributed by atoms with van der Waals surface area (Å²) in [6.45, 7) is 0. The van der Waals surface area contributed by atoms with Gasteiger partial charge >= 0.3 is 0 Å². The van der Waals surface area contributed by atoms with E-state index in [1.165, 1.54) is 17.5 Å². The molecule has 0 saturated heterocycles. The van der Waals surface area contributed by atoms with Crippen molar-refractivity contribution in [3.05, 3.63) is 23.5 Å². The van der Waals surface area contributed by atoms with Gasteiger partial charge in [0.1, 0.15) is 10.9 Å². The fourth-order valence-electron chi connectivity index (χ4n) is 0.765. The average Bonchev–Trinajstić information content (AvgIpc) is 2.86. The first-order chi connectivity index (χ1) is 6.88. The standard InChI is InChI=1S/C7H4N6S/c8-3-5-4-11-7(14-5)13-12-6-9-1-2-10-6/h1-2,4H,(H,9,10)/b13-12+. The lowest BCUT2D eigenvalue weighted by molar-refractivity contribution is 1.11. The average molecular weight is 204 g/mol. The van der Waals surface area contributed by atoms with E-state index in [0.717, 1.165) is 0 Å². The lowest BCUT2D eigenvalue weighted by atomic mass is 10.6. The van der Waals surface area contributed by atoms with Crippen molar-refractivity contribution in [1.82, 2.24) is 15.0 Å². The number of hydrogen-bond donors (Lipinski definition) is 1. The molecule has 0 spiro atoms. The molecule has 2 aromatic heterocycles. The lowest BCUT2D eigenvalue weighted by Crippen LogP contribution is -1.62. The van der Waals surface area contributed by atoms with Crippen LogP contribution in [0, 0.1) is 11.3 Å². The molecular formula is C7H4N6S. The Morgan fingerprint density at radius 3 is 3.00 bits per heavy atom. The Balaban J connectivity index is 2.15. The molecule has 2 rings (SSSR count). The molecule has 0 atom stereocenters. The van der Waals surface area contributed by atoms with Gasteiger partial charge in [-0.3, -0.25) is 0 Å². The number of rotatable bonds is 2. The van der Waals surface area contributed by atoms with Gasteiger partial charge in [0.25, 0.3) is 0 Å². The molecule has 0 saturated carbocycles. The molecule has 0 aliphatic rings. The predicted molar refractivity (Wildman–Crippen MR) is 49.6 cm³/mol. The van der Waals surface area contributed by atoms with Gasteiger partial charge in [0.2, 0.25) is 11.1 Å². The van der Waals surface area contributed by atoms with Crippen molar-refractivity contribution in [2.75, 3.05) is 0 Å². The number of thiazole rings is 1. The molecule has 1 N–H and O–H groups in total. The molecule has 0 fully saturated rings. The molecule has 0 aliphatic carbocycles. The van der Waals surface area contributed by atoms with Crippen LogP contribution in [0.15, 0.2) is 28.8 Å². The number of aromatic nitrogens is 3. The highest BCUT2D eigenvalue weighted by molar-refractivity contribution is 7.15. The van der Waals surface area contributed by atoms with Crippen molar-refractivity contribution in [1.29, 1.82) is 5.26 Å². The van der Waals surface area contributed by atoms with E-state index in [4.69, 9.17) is 5.26 Å². The van der Waals surface area contributed by atoms with Crippen LogP contribution in [0.1, 0.15) is 4.88 Å². The van der Waals surface area contributed by atoms with Gasteiger partial charge in [0.15, 0.2) is 0 Å². The molecule has 0 unspecified atom stereocenters. The molecule has 0 amide bonds. The Morgan fingerprint density at radius 2 is 2.36 bits per heavy atom. The number of aromatic amines is 1. The zero-order valence-electron chi connectivity index (χ0n) is 6.88. The van der Waals surface area contributed by atoms with Gasteiger partial charge in [-0.25, -0.2) is 9.97 Å². The van der Waals surface area contributed by atoms with Crippen molar-refractivity contribution >= 4 is 22.4 Å². The van der Waals surface area contributed by atoms with Gasteiger partial charge in [0, 0.05) is 12.4 Å². The zero-order valence-corrected chi connectivity index (χ0v) is 7.69. The molecule has 0 aliphatic heterocycles. The fourth-order valence-corrected chi connectivity index (χ4v) is 1.30. The van der Waals surface area contributed by atoms with Crippen LogP contribution in [0.5, 0.6) is 0 Å². The molecule has 7 heteroatoms.